The van der Waals surface area contributed by atoms with Gasteiger partial charge in [0.05, 0.1) is 16.2 Å². The lowest BCUT2D eigenvalue weighted by atomic mass is 10.1. The van der Waals surface area contributed by atoms with Crippen molar-refractivity contribution in [3.8, 4) is 28.6 Å². The largest absolute Gasteiger partial charge is 0.353 e. The van der Waals surface area contributed by atoms with Crippen LogP contribution in [0.25, 0.3) is 22.5 Å². The summed E-state index contributed by atoms with van der Waals surface area (Å²) in [5.74, 6) is 0. The molecule has 0 aliphatic rings. The van der Waals surface area contributed by atoms with Gasteiger partial charge < -0.3 is 4.98 Å². The Morgan fingerprint density at radius 1 is 1.00 bits per heavy atom. The van der Waals surface area contributed by atoms with Gasteiger partial charge in [0.2, 0.25) is 0 Å². The molecule has 3 aromatic rings. The summed E-state index contributed by atoms with van der Waals surface area (Å²) >= 11 is 0. The third-order valence-electron chi connectivity index (χ3n) is 3.37. The van der Waals surface area contributed by atoms with E-state index in [9.17, 15) is 15.4 Å². The first-order chi connectivity index (χ1) is 10.7. The Morgan fingerprint density at radius 3 is 2.41 bits per heavy atom. The van der Waals surface area contributed by atoms with Crippen molar-refractivity contribution in [1.29, 1.82) is 5.26 Å². The minimum absolute atomic E-state index is 0.0202. The summed E-state index contributed by atoms with van der Waals surface area (Å²) in [7, 11) is 0. The van der Waals surface area contributed by atoms with Gasteiger partial charge in [0, 0.05) is 23.4 Å². The topological polar surface area (TPSA) is 82.7 Å². The first-order valence-electron chi connectivity index (χ1n) is 6.62. The normalized spacial score (nSPS) is 10.1. The van der Waals surface area contributed by atoms with Gasteiger partial charge in [-0.2, -0.15) is 5.26 Å². The predicted octanol–water partition coefficient (Wildman–Crippen LogP) is 4.13. The second kappa shape index (κ2) is 5.54. The minimum atomic E-state index is -0.435. The molecule has 22 heavy (non-hydrogen) atoms. The number of hydrogen-bond acceptors (Lipinski definition) is 3. The number of nitriles is 1. The van der Waals surface area contributed by atoms with Crippen LogP contribution in [0.4, 0.5) is 5.69 Å². The van der Waals surface area contributed by atoms with Gasteiger partial charge in [0.1, 0.15) is 6.07 Å². The monoisotopic (exact) mass is 289 g/mol. The number of non-ortho nitro benzene ring substituents is 1. The number of aromatic amines is 1. The summed E-state index contributed by atoms with van der Waals surface area (Å²) in [6.07, 6.45) is 0. The van der Waals surface area contributed by atoms with Crippen LogP contribution in [0.5, 0.6) is 0 Å². The Morgan fingerprint density at radius 2 is 1.73 bits per heavy atom. The lowest BCUT2D eigenvalue weighted by molar-refractivity contribution is -0.384. The molecule has 0 radical (unpaired) electrons. The highest BCUT2D eigenvalue weighted by atomic mass is 16.6. The molecular formula is C17H11N3O2. The number of nitrogens with zero attached hydrogens (tertiary/aromatic N) is 2. The number of nitrogens with one attached hydrogen (secondary N) is 1. The Hall–Kier alpha value is -3.39. The highest BCUT2D eigenvalue weighted by Gasteiger charge is 2.13. The number of aromatic nitrogens is 1. The summed E-state index contributed by atoms with van der Waals surface area (Å²) < 4.78 is 0. The Bertz CT molecular complexity index is 876. The van der Waals surface area contributed by atoms with Crippen LogP contribution in [-0.4, -0.2) is 9.91 Å². The number of nitro groups is 1. The standard InChI is InChI=1S/C17H11N3O2/c18-11-14-10-16(13-7-4-8-15(9-13)20(21)22)19-17(14)12-5-2-1-3-6-12/h1-10,19H. The van der Waals surface area contributed by atoms with Crippen molar-refractivity contribution in [2.75, 3.05) is 0 Å². The maximum Gasteiger partial charge on any atom is 0.270 e. The lowest BCUT2D eigenvalue weighted by Crippen LogP contribution is -1.88. The van der Waals surface area contributed by atoms with Crippen molar-refractivity contribution >= 4 is 5.69 Å². The number of rotatable bonds is 3. The molecule has 5 nitrogen and oxygen atoms in total. The SMILES string of the molecule is N#Cc1cc(-c2cccc([N+](=O)[O-])c2)[nH]c1-c1ccccc1. The number of nitro benzene ring substituents is 1. The zero-order chi connectivity index (χ0) is 15.5. The fourth-order valence-electron chi connectivity index (χ4n) is 2.32. The fourth-order valence-corrected chi connectivity index (χ4v) is 2.32. The summed E-state index contributed by atoms with van der Waals surface area (Å²) in [5, 5.41) is 20.2. The van der Waals surface area contributed by atoms with Crippen LogP contribution < -0.4 is 0 Å². The van der Waals surface area contributed by atoms with Crippen molar-refractivity contribution in [3.05, 3.63) is 76.3 Å². The smallest absolute Gasteiger partial charge is 0.270 e. The third-order valence-corrected chi connectivity index (χ3v) is 3.37. The van der Waals surface area contributed by atoms with Gasteiger partial charge in [-0.1, -0.05) is 42.5 Å². The van der Waals surface area contributed by atoms with E-state index in [1.54, 1.807) is 18.2 Å². The Labute approximate surface area is 126 Å². The van der Waals surface area contributed by atoms with E-state index in [4.69, 9.17) is 0 Å². The molecule has 0 aliphatic heterocycles. The molecule has 3 rings (SSSR count). The van der Waals surface area contributed by atoms with Crippen molar-refractivity contribution < 1.29 is 4.92 Å². The maximum atomic E-state index is 10.9. The van der Waals surface area contributed by atoms with Gasteiger partial charge in [-0.25, -0.2) is 0 Å². The van der Waals surface area contributed by atoms with Crippen LogP contribution in [-0.2, 0) is 0 Å². The van der Waals surface area contributed by atoms with Crippen molar-refractivity contribution in [1.82, 2.24) is 4.98 Å². The van der Waals surface area contributed by atoms with Crippen molar-refractivity contribution in [2.45, 2.75) is 0 Å². The lowest BCUT2D eigenvalue weighted by Gasteiger charge is -2.00. The van der Waals surface area contributed by atoms with E-state index in [1.807, 2.05) is 30.3 Å². The molecule has 1 aromatic heterocycles. The molecule has 0 saturated carbocycles. The van der Waals surface area contributed by atoms with Crippen LogP contribution in [0.2, 0.25) is 0 Å². The van der Waals surface area contributed by atoms with Crippen LogP contribution in [0, 0.1) is 21.4 Å². The van der Waals surface area contributed by atoms with Gasteiger partial charge in [0.15, 0.2) is 0 Å². The van der Waals surface area contributed by atoms with Crippen LogP contribution in [0.15, 0.2) is 60.7 Å². The Kier molecular flexibility index (Phi) is 3.42. The van der Waals surface area contributed by atoms with Gasteiger partial charge in [-0.15, -0.1) is 0 Å². The molecule has 1 N–H and O–H groups in total. The van der Waals surface area contributed by atoms with E-state index < -0.39 is 4.92 Å². The second-order valence-electron chi connectivity index (χ2n) is 4.76. The Balaban J connectivity index is 2.11. The molecule has 5 heteroatoms. The van der Waals surface area contributed by atoms with Crippen LogP contribution in [0.3, 0.4) is 0 Å². The fraction of sp³-hybridized carbons (Fsp3) is 0. The van der Waals surface area contributed by atoms with Crippen LogP contribution >= 0.6 is 0 Å². The summed E-state index contributed by atoms with van der Waals surface area (Å²) in [6.45, 7) is 0. The number of H-pyrrole nitrogens is 1. The summed E-state index contributed by atoms with van der Waals surface area (Å²) in [4.78, 5) is 13.6. The molecule has 0 unspecified atom stereocenters. The molecule has 106 valence electrons. The van der Waals surface area contributed by atoms with E-state index in [2.05, 4.69) is 11.1 Å². The zero-order valence-corrected chi connectivity index (χ0v) is 11.5. The molecule has 0 amide bonds. The van der Waals surface area contributed by atoms with Gasteiger partial charge in [-0.3, -0.25) is 10.1 Å². The van der Waals surface area contributed by atoms with Crippen molar-refractivity contribution in [2.24, 2.45) is 0 Å². The quantitative estimate of drug-likeness (QED) is 0.581. The van der Waals surface area contributed by atoms with Crippen LogP contribution in [0.1, 0.15) is 5.56 Å². The van der Waals surface area contributed by atoms with Gasteiger partial charge in [0.25, 0.3) is 5.69 Å². The molecule has 0 spiro atoms. The first kappa shape index (κ1) is 13.6. The van der Waals surface area contributed by atoms with E-state index in [-0.39, 0.29) is 5.69 Å². The average Bonchev–Trinajstić information content (AvgIpc) is 3.00. The highest BCUT2D eigenvalue weighted by molar-refractivity contribution is 5.75. The van der Waals surface area contributed by atoms with Crippen molar-refractivity contribution in [3.63, 3.8) is 0 Å². The highest BCUT2D eigenvalue weighted by Crippen LogP contribution is 2.29. The number of benzene rings is 2. The molecule has 0 aliphatic carbocycles. The average molecular weight is 289 g/mol. The third kappa shape index (κ3) is 2.45. The molecule has 2 aromatic carbocycles. The predicted molar refractivity (Wildman–Crippen MR) is 83.0 cm³/mol. The van der Waals surface area contributed by atoms with E-state index in [0.717, 1.165) is 5.56 Å². The molecule has 0 bridgehead atoms. The molecular weight excluding hydrogens is 278 g/mol. The van der Waals surface area contributed by atoms with Gasteiger partial charge in [-0.05, 0) is 11.6 Å². The van der Waals surface area contributed by atoms with Gasteiger partial charge >= 0.3 is 0 Å². The molecule has 0 atom stereocenters. The number of hydrogen-bond donors (Lipinski definition) is 1. The molecule has 0 fully saturated rings. The summed E-state index contributed by atoms with van der Waals surface area (Å²) in [5.41, 5.74) is 3.49. The maximum absolute atomic E-state index is 10.9. The summed E-state index contributed by atoms with van der Waals surface area (Å²) in [6, 6.07) is 19.7. The van der Waals surface area contributed by atoms with E-state index in [1.165, 1.54) is 12.1 Å². The van der Waals surface area contributed by atoms with E-state index in [0.29, 0.717) is 22.5 Å². The second-order valence-corrected chi connectivity index (χ2v) is 4.76. The first-order valence-corrected chi connectivity index (χ1v) is 6.62. The minimum Gasteiger partial charge on any atom is -0.353 e. The molecule has 0 saturated heterocycles. The zero-order valence-electron chi connectivity index (χ0n) is 11.5. The van der Waals surface area contributed by atoms with E-state index >= 15 is 0 Å². The molecule has 1 heterocycles.